The maximum absolute atomic E-state index is 9.93. The van der Waals surface area contributed by atoms with E-state index in [0.717, 1.165) is 23.6 Å². The number of hydrogen-bond acceptors (Lipinski definition) is 3. The number of hydrogen-bond donors (Lipinski definition) is 1. The molecule has 1 N–H and O–H groups in total. The predicted molar refractivity (Wildman–Crippen MR) is 75.0 cm³/mol. The Bertz CT molecular complexity index is 529. The molecule has 1 aromatic carbocycles. The second-order valence-electron chi connectivity index (χ2n) is 5.17. The lowest BCUT2D eigenvalue weighted by Crippen LogP contribution is -2.26. The van der Waals surface area contributed by atoms with E-state index in [4.69, 9.17) is 4.42 Å². The molecule has 1 saturated carbocycles. The van der Waals surface area contributed by atoms with E-state index < -0.39 is 6.10 Å². The minimum absolute atomic E-state index is 0.450. The SMILES string of the molecule is CC(O)c1ccccc1N(Cc1ccco1)C1CC1. The van der Waals surface area contributed by atoms with Crippen LogP contribution in [0.2, 0.25) is 0 Å². The average molecular weight is 257 g/mol. The van der Waals surface area contributed by atoms with E-state index >= 15 is 0 Å². The predicted octanol–water partition coefficient (Wildman–Crippen LogP) is 3.50. The summed E-state index contributed by atoms with van der Waals surface area (Å²) in [6, 6.07) is 12.6. The molecule has 1 unspecified atom stereocenters. The van der Waals surface area contributed by atoms with E-state index in [-0.39, 0.29) is 0 Å². The molecule has 3 heteroatoms. The first kappa shape index (κ1) is 12.3. The van der Waals surface area contributed by atoms with Crippen molar-refractivity contribution in [2.45, 2.75) is 38.5 Å². The van der Waals surface area contributed by atoms with Crippen LogP contribution in [0.4, 0.5) is 5.69 Å². The Labute approximate surface area is 113 Å². The van der Waals surface area contributed by atoms with Crippen LogP contribution in [0.1, 0.15) is 37.2 Å². The molecule has 0 amide bonds. The Balaban J connectivity index is 1.92. The van der Waals surface area contributed by atoms with Crippen LogP contribution in [0.5, 0.6) is 0 Å². The minimum atomic E-state index is -0.450. The van der Waals surface area contributed by atoms with E-state index in [1.165, 1.54) is 12.8 Å². The number of aliphatic hydroxyl groups is 1. The summed E-state index contributed by atoms with van der Waals surface area (Å²) in [5.74, 6) is 0.965. The van der Waals surface area contributed by atoms with Gasteiger partial charge in [-0.15, -0.1) is 0 Å². The number of para-hydroxylation sites is 1. The van der Waals surface area contributed by atoms with Crippen LogP contribution in [0.3, 0.4) is 0 Å². The molecule has 1 aliphatic rings. The molecule has 0 radical (unpaired) electrons. The van der Waals surface area contributed by atoms with Gasteiger partial charge < -0.3 is 14.4 Å². The van der Waals surface area contributed by atoms with Gasteiger partial charge in [0.1, 0.15) is 5.76 Å². The fraction of sp³-hybridized carbons (Fsp3) is 0.375. The van der Waals surface area contributed by atoms with Crippen LogP contribution >= 0.6 is 0 Å². The summed E-state index contributed by atoms with van der Waals surface area (Å²) in [5, 5.41) is 9.93. The standard InChI is InChI=1S/C16H19NO2/c1-12(18)15-6-2-3-7-16(15)17(13-8-9-13)11-14-5-4-10-19-14/h2-7,10,12-13,18H,8-9,11H2,1H3. The van der Waals surface area contributed by atoms with Gasteiger partial charge in [0.05, 0.1) is 18.9 Å². The zero-order valence-electron chi connectivity index (χ0n) is 11.1. The molecule has 1 atom stereocenters. The second kappa shape index (κ2) is 5.10. The molecule has 1 heterocycles. The highest BCUT2D eigenvalue weighted by atomic mass is 16.3. The number of aliphatic hydroxyl groups excluding tert-OH is 1. The van der Waals surface area contributed by atoms with Gasteiger partial charge in [0.25, 0.3) is 0 Å². The third-order valence-electron chi connectivity index (χ3n) is 3.59. The first-order valence-corrected chi connectivity index (χ1v) is 6.81. The van der Waals surface area contributed by atoms with E-state index in [0.29, 0.717) is 6.04 Å². The Kier molecular flexibility index (Phi) is 3.30. The molecule has 1 fully saturated rings. The summed E-state index contributed by atoms with van der Waals surface area (Å²) >= 11 is 0. The van der Waals surface area contributed by atoms with Crippen molar-refractivity contribution in [2.75, 3.05) is 4.90 Å². The van der Waals surface area contributed by atoms with E-state index in [2.05, 4.69) is 11.0 Å². The van der Waals surface area contributed by atoms with Crippen molar-refractivity contribution < 1.29 is 9.52 Å². The lowest BCUT2D eigenvalue weighted by Gasteiger charge is -2.27. The van der Waals surface area contributed by atoms with Crippen molar-refractivity contribution in [3.63, 3.8) is 0 Å². The maximum atomic E-state index is 9.93. The molecule has 0 saturated heterocycles. The molecule has 0 spiro atoms. The van der Waals surface area contributed by atoms with Crippen LogP contribution < -0.4 is 4.90 Å². The number of rotatable bonds is 5. The molecule has 100 valence electrons. The molecular weight excluding hydrogens is 238 g/mol. The van der Waals surface area contributed by atoms with Crippen LogP contribution in [-0.4, -0.2) is 11.1 Å². The lowest BCUT2D eigenvalue weighted by molar-refractivity contribution is 0.199. The third-order valence-corrected chi connectivity index (χ3v) is 3.59. The molecule has 3 nitrogen and oxygen atoms in total. The van der Waals surface area contributed by atoms with Gasteiger partial charge >= 0.3 is 0 Å². The molecule has 0 bridgehead atoms. The average Bonchev–Trinajstić information content (AvgIpc) is 3.13. The molecule has 1 aliphatic carbocycles. The molecule has 2 aromatic rings. The number of furan rings is 1. The zero-order valence-corrected chi connectivity index (χ0v) is 11.1. The van der Waals surface area contributed by atoms with Gasteiger partial charge in [-0.25, -0.2) is 0 Å². The summed E-state index contributed by atoms with van der Waals surface area (Å²) < 4.78 is 5.46. The van der Waals surface area contributed by atoms with Crippen molar-refractivity contribution in [1.82, 2.24) is 0 Å². The monoisotopic (exact) mass is 257 g/mol. The first-order valence-electron chi connectivity index (χ1n) is 6.81. The molecule has 1 aromatic heterocycles. The summed E-state index contributed by atoms with van der Waals surface area (Å²) in [7, 11) is 0. The van der Waals surface area contributed by atoms with Crippen molar-refractivity contribution in [3.05, 3.63) is 54.0 Å². The van der Waals surface area contributed by atoms with Gasteiger partial charge in [0.15, 0.2) is 0 Å². The summed E-state index contributed by atoms with van der Waals surface area (Å²) in [6.07, 6.45) is 3.69. The Morgan fingerprint density at radius 1 is 1.26 bits per heavy atom. The first-order chi connectivity index (χ1) is 9.25. The van der Waals surface area contributed by atoms with Crippen LogP contribution in [0.15, 0.2) is 47.1 Å². The fourth-order valence-corrected chi connectivity index (χ4v) is 2.47. The third kappa shape index (κ3) is 2.66. The lowest BCUT2D eigenvalue weighted by atomic mass is 10.1. The Hall–Kier alpha value is -1.74. The highest BCUT2D eigenvalue weighted by Crippen LogP contribution is 2.36. The van der Waals surface area contributed by atoms with Gasteiger partial charge in [0.2, 0.25) is 0 Å². The van der Waals surface area contributed by atoms with Crippen molar-refractivity contribution >= 4 is 5.69 Å². The molecule has 3 rings (SSSR count). The molecular formula is C16H19NO2. The molecule has 19 heavy (non-hydrogen) atoms. The number of anilines is 1. The minimum Gasteiger partial charge on any atom is -0.467 e. The van der Waals surface area contributed by atoms with Crippen molar-refractivity contribution in [1.29, 1.82) is 0 Å². The van der Waals surface area contributed by atoms with Gasteiger partial charge in [-0.1, -0.05) is 18.2 Å². The van der Waals surface area contributed by atoms with Crippen molar-refractivity contribution in [2.24, 2.45) is 0 Å². The maximum Gasteiger partial charge on any atom is 0.123 e. The number of benzene rings is 1. The van der Waals surface area contributed by atoms with Gasteiger partial charge in [-0.3, -0.25) is 0 Å². The summed E-state index contributed by atoms with van der Waals surface area (Å²) in [6.45, 7) is 2.58. The number of nitrogens with zero attached hydrogens (tertiary/aromatic N) is 1. The van der Waals surface area contributed by atoms with Gasteiger partial charge in [-0.2, -0.15) is 0 Å². The quantitative estimate of drug-likeness (QED) is 0.890. The van der Waals surface area contributed by atoms with Crippen LogP contribution in [-0.2, 0) is 6.54 Å². The highest BCUT2D eigenvalue weighted by molar-refractivity contribution is 5.56. The van der Waals surface area contributed by atoms with E-state index in [1.54, 1.807) is 6.26 Å². The van der Waals surface area contributed by atoms with E-state index in [9.17, 15) is 5.11 Å². The van der Waals surface area contributed by atoms with Gasteiger partial charge in [0, 0.05) is 17.3 Å². The topological polar surface area (TPSA) is 36.6 Å². The van der Waals surface area contributed by atoms with Crippen LogP contribution in [0.25, 0.3) is 0 Å². The van der Waals surface area contributed by atoms with Crippen molar-refractivity contribution in [3.8, 4) is 0 Å². The van der Waals surface area contributed by atoms with E-state index in [1.807, 2.05) is 37.3 Å². The highest BCUT2D eigenvalue weighted by Gasteiger charge is 2.31. The second-order valence-corrected chi connectivity index (χ2v) is 5.17. The fourth-order valence-electron chi connectivity index (χ4n) is 2.47. The summed E-state index contributed by atoms with van der Waals surface area (Å²) in [4.78, 5) is 2.35. The summed E-state index contributed by atoms with van der Waals surface area (Å²) in [5.41, 5.74) is 2.11. The largest absolute Gasteiger partial charge is 0.467 e. The Morgan fingerprint density at radius 2 is 2.05 bits per heavy atom. The zero-order chi connectivity index (χ0) is 13.2. The smallest absolute Gasteiger partial charge is 0.123 e. The van der Waals surface area contributed by atoms with Crippen LogP contribution in [0, 0.1) is 0 Å². The molecule has 0 aliphatic heterocycles. The van der Waals surface area contributed by atoms with Gasteiger partial charge in [-0.05, 0) is 38.0 Å². The normalized spacial score (nSPS) is 16.3. The Morgan fingerprint density at radius 3 is 2.68 bits per heavy atom.